The largest absolute Gasteiger partial charge is 0.485 e. The first kappa shape index (κ1) is 16.2. The number of ether oxygens (including phenoxy) is 1. The molecule has 0 amide bonds. The van der Waals surface area contributed by atoms with Gasteiger partial charge in [0.25, 0.3) is 0 Å². The summed E-state index contributed by atoms with van der Waals surface area (Å²) >= 11 is 0. The van der Waals surface area contributed by atoms with E-state index in [9.17, 15) is 0 Å². The van der Waals surface area contributed by atoms with Gasteiger partial charge in [0, 0.05) is 0 Å². The first-order chi connectivity index (χ1) is 11.6. The minimum Gasteiger partial charge on any atom is -0.485 e. The zero-order valence-corrected chi connectivity index (χ0v) is 14.3. The summed E-state index contributed by atoms with van der Waals surface area (Å²) in [7, 11) is 0. The van der Waals surface area contributed by atoms with Crippen molar-refractivity contribution in [2.75, 3.05) is 0 Å². The zero-order valence-electron chi connectivity index (χ0n) is 14.3. The third kappa shape index (κ3) is 4.02. The van der Waals surface area contributed by atoms with Crippen LogP contribution in [0, 0.1) is 6.92 Å². The molecule has 0 fully saturated rings. The molecule has 124 valence electrons. The number of aryl methyl sites for hydroxylation is 1. The first-order valence-electron chi connectivity index (χ1n) is 8.20. The van der Waals surface area contributed by atoms with Gasteiger partial charge < -0.3 is 9.26 Å². The average Bonchev–Trinajstić information content (AvgIpc) is 3.01. The summed E-state index contributed by atoms with van der Waals surface area (Å²) in [5.41, 5.74) is 3.72. The first-order valence-corrected chi connectivity index (χ1v) is 8.20. The molecule has 1 aromatic heterocycles. The number of hydrogen-bond donors (Lipinski definition) is 0. The molecule has 3 aromatic rings. The molecule has 0 saturated heterocycles. The molecule has 4 heteroatoms. The van der Waals surface area contributed by atoms with Gasteiger partial charge in [-0.2, -0.15) is 4.98 Å². The van der Waals surface area contributed by atoms with Crippen molar-refractivity contribution < 1.29 is 9.26 Å². The van der Waals surface area contributed by atoms with Crippen molar-refractivity contribution in [2.45, 2.75) is 39.7 Å². The van der Waals surface area contributed by atoms with Crippen molar-refractivity contribution in [1.29, 1.82) is 0 Å². The molecule has 24 heavy (non-hydrogen) atoms. The van der Waals surface area contributed by atoms with Gasteiger partial charge in [-0.25, -0.2) is 0 Å². The maximum Gasteiger partial charge on any atom is 0.231 e. The van der Waals surface area contributed by atoms with Gasteiger partial charge in [0.05, 0.1) is 6.42 Å². The van der Waals surface area contributed by atoms with Crippen LogP contribution in [-0.2, 0) is 13.0 Å². The molecule has 0 bridgehead atoms. The van der Waals surface area contributed by atoms with Crippen molar-refractivity contribution in [3.63, 3.8) is 0 Å². The Bertz CT molecular complexity index is 794. The van der Waals surface area contributed by atoms with E-state index in [2.05, 4.69) is 43.0 Å². The fourth-order valence-electron chi connectivity index (χ4n) is 2.72. The quantitative estimate of drug-likeness (QED) is 0.661. The van der Waals surface area contributed by atoms with Crippen LogP contribution in [0.3, 0.4) is 0 Å². The third-order valence-electron chi connectivity index (χ3n) is 3.94. The van der Waals surface area contributed by atoms with Gasteiger partial charge >= 0.3 is 0 Å². The molecule has 1 heterocycles. The molecule has 2 aromatic carbocycles. The monoisotopic (exact) mass is 322 g/mol. The lowest BCUT2D eigenvalue weighted by atomic mass is 9.98. The fourth-order valence-corrected chi connectivity index (χ4v) is 2.72. The summed E-state index contributed by atoms with van der Waals surface area (Å²) < 4.78 is 11.1. The van der Waals surface area contributed by atoms with Crippen LogP contribution in [0.1, 0.15) is 48.2 Å². The van der Waals surface area contributed by atoms with Crippen LogP contribution < -0.4 is 4.74 Å². The van der Waals surface area contributed by atoms with Gasteiger partial charge in [0.2, 0.25) is 11.7 Å². The Balaban J connectivity index is 1.60. The van der Waals surface area contributed by atoms with E-state index in [0.717, 1.165) is 11.3 Å². The molecule has 0 N–H and O–H groups in total. The number of nitrogens with zero attached hydrogens (tertiary/aromatic N) is 2. The SMILES string of the molecule is Cc1cc(OCc2noc(Cc3ccccc3)n2)ccc1C(C)C. The maximum absolute atomic E-state index is 5.79. The van der Waals surface area contributed by atoms with Gasteiger partial charge in [0.1, 0.15) is 5.75 Å². The van der Waals surface area contributed by atoms with E-state index >= 15 is 0 Å². The lowest BCUT2D eigenvalue weighted by Gasteiger charge is -2.11. The fraction of sp³-hybridized carbons (Fsp3) is 0.300. The van der Waals surface area contributed by atoms with Crippen LogP contribution in [0.5, 0.6) is 5.75 Å². The van der Waals surface area contributed by atoms with E-state index in [0.29, 0.717) is 30.7 Å². The van der Waals surface area contributed by atoms with Crippen LogP contribution in [0.15, 0.2) is 53.1 Å². The summed E-state index contributed by atoms with van der Waals surface area (Å²) in [6.07, 6.45) is 0.635. The maximum atomic E-state index is 5.79. The molecule has 0 saturated carbocycles. The highest BCUT2D eigenvalue weighted by Crippen LogP contribution is 2.23. The number of rotatable bonds is 6. The van der Waals surface area contributed by atoms with E-state index in [1.165, 1.54) is 11.1 Å². The molecule has 0 aliphatic heterocycles. The summed E-state index contributed by atoms with van der Waals surface area (Å²) in [4.78, 5) is 4.39. The van der Waals surface area contributed by atoms with Gasteiger partial charge in [-0.05, 0) is 41.7 Å². The van der Waals surface area contributed by atoms with Crippen LogP contribution >= 0.6 is 0 Å². The highest BCUT2D eigenvalue weighted by Gasteiger charge is 2.09. The van der Waals surface area contributed by atoms with Crippen molar-refractivity contribution in [1.82, 2.24) is 10.1 Å². The Morgan fingerprint density at radius 2 is 1.88 bits per heavy atom. The Morgan fingerprint density at radius 1 is 1.08 bits per heavy atom. The van der Waals surface area contributed by atoms with Crippen LogP contribution in [0.2, 0.25) is 0 Å². The van der Waals surface area contributed by atoms with Crippen molar-refractivity contribution in [3.8, 4) is 5.75 Å². The molecule has 0 spiro atoms. The lowest BCUT2D eigenvalue weighted by Crippen LogP contribution is -1.99. The molecule has 4 nitrogen and oxygen atoms in total. The molecule has 0 atom stereocenters. The van der Waals surface area contributed by atoms with E-state index in [1.807, 2.05) is 36.4 Å². The second-order valence-electron chi connectivity index (χ2n) is 6.23. The summed E-state index contributed by atoms with van der Waals surface area (Å²) in [6.45, 7) is 6.79. The number of hydrogen-bond acceptors (Lipinski definition) is 4. The molecule has 3 rings (SSSR count). The minimum atomic E-state index is 0.304. The second-order valence-corrected chi connectivity index (χ2v) is 6.23. The van der Waals surface area contributed by atoms with Crippen LogP contribution in [0.25, 0.3) is 0 Å². The molecule has 0 unspecified atom stereocenters. The summed E-state index contributed by atoms with van der Waals surface area (Å²) in [5.74, 6) is 2.50. The molecule has 0 aliphatic rings. The molecule has 0 radical (unpaired) electrons. The standard InChI is InChI=1S/C20H22N2O2/c1-14(2)18-10-9-17(11-15(18)3)23-13-19-21-20(24-22-19)12-16-7-5-4-6-8-16/h4-11,14H,12-13H2,1-3H3. The summed E-state index contributed by atoms with van der Waals surface area (Å²) in [6, 6.07) is 16.2. The molecular formula is C20H22N2O2. The number of benzene rings is 2. The number of aromatic nitrogens is 2. The Kier molecular flexibility index (Phi) is 4.94. The predicted molar refractivity (Wildman–Crippen MR) is 93.1 cm³/mol. The molecule has 0 aliphatic carbocycles. The smallest absolute Gasteiger partial charge is 0.231 e. The van der Waals surface area contributed by atoms with Crippen molar-refractivity contribution >= 4 is 0 Å². The predicted octanol–water partition coefficient (Wildman–Crippen LogP) is 4.67. The Morgan fingerprint density at radius 3 is 2.58 bits per heavy atom. The van der Waals surface area contributed by atoms with Crippen LogP contribution in [0.4, 0.5) is 0 Å². The topological polar surface area (TPSA) is 48.2 Å². The Hall–Kier alpha value is -2.62. The van der Waals surface area contributed by atoms with E-state index in [1.54, 1.807) is 0 Å². The van der Waals surface area contributed by atoms with Gasteiger partial charge in [-0.3, -0.25) is 0 Å². The lowest BCUT2D eigenvalue weighted by molar-refractivity contribution is 0.285. The highest BCUT2D eigenvalue weighted by molar-refractivity contribution is 5.36. The van der Waals surface area contributed by atoms with Crippen LogP contribution in [-0.4, -0.2) is 10.1 Å². The minimum absolute atomic E-state index is 0.304. The Labute approximate surface area is 142 Å². The van der Waals surface area contributed by atoms with Crippen molar-refractivity contribution in [2.24, 2.45) is 0 Å². The van der Waals surface area contributed by atoms with Crippen molar-refractivity contribution in [3.05, 3.63) is 76.9 Å². The zero-order chi connectivity index (χ0) is 16.9. The van der Waals surface area contributed by atoms with E-state index < -0.39 is 0 Å². The normalized spacial score (nSPS) is 11.0. The van der Waals surface area contributed by atoms with E-state index in [-0.39, 0.29) is 0 Å². The van der Waals surface area contributed by atoms with Gasteiger partial charge in [0.15, 0.2) is 6.61 Å². The third-order valence-corrected chi connectivity index (χ3v) is 3.94. The van der Waals surface area contributed by atoms with Gasteiger partial charge in [-0.1, -0.05) is 55.4 Å². The second kappa shape index (κ2) is 7.30. The average molecular weight is 322 g/mol. The molecular weight excluding hydrogens is 300 g/mol. The summed E-state index contributed by atoms with van der Waals surface area (Å²) in [5, 5.41) is 3.98. The highest BCUT2D eigenvalue weighted by atomic mass is 16.5. The van der Waals surface area contributed by atoms with Gasteiger partial charge in [-0.15, -0.1) is 0 Å². The van der Waals surface area contributed by atoms with E-state index in [4.69, 9.17) is 9.26 Å².